The molecule has 0 rings (SSSR count). The second kappa shape index (κ2) is 53.0. The van der Waals surface area contributed by atoms with Crippen molar-refractivity contribution in [1.82, 2.24) is 5.32 Å². The molecule has 0 radical (unpaired) electrons. The molecule has 0 aliphatic heterocycles. The van der Waals surface area contributed by atoms with Crippen molar-refractivity contribution in [2.24, 2.45) is 0 Å². The summed E-state index contributed by atoms with van der Waals surface area (Å²) in [6.45, 7) is 6.47. The van der Waals surface area contributed by atoms with Crippen molar-refractivity contribution in [1.29, 1.82) is 0 Å². The number of aliphatic hydroxyl groups is 2. The van der Waals surface area contributed by atoms with E-state index in [4.69, 9.17) is 4.74 Å². The second-order valence-corrected chi connectivity index (χ2v) is 19.7. The van der Waals surface area contributed by atoms with Crippen LogP contribution < -0.4 is 5.32 Å². The minimum Gasteiger partial charge on any atom is -0.462 e. The molecule has 0 spiro atoms. The van der Waals surface area contributed by atoms with E-state index in [1.165, 1.54) is 186 Å². The molecular weight excluding hydrogens is 803 g/mol. The highest BCUT2D eigenvalue weighted by atomic mass is 16.5. The Morgan fingerprint density at radius 2 is 0.785 bits per heavy atom. The van der Waals surface area contributed by atoms with E-state index >= 15 is 0 Å². The average molecular weight is 915 g/mol. The quantitative estimate of drug-likeness (QED) is 0.0321. The van der Waals surface area contributed by atoms with E-state index < -0.39 is 18.2 Å². The topological polar surface area (TPSA) is 95.9 Å². The summed E-state index contributed by atoms with van der Waals surface area (Å²) in [6.07, 6.45) is 63.5. The van der Waals surface area contributed by atoms with Crippen LogP contribution in [0.5, 0.6) is 0 Å². The van der Waals surface area contributed by atoms with E-state index in [2.05, 4.69) is 62.5 Å². The summed E-state index contributed by atoms with van der Waals surface area (Å²) in [5, 5.41) is 23.8. The molecule has 65 heavy (non-hydrogen) atoms. The first kappa shape index (κ1) is 63.1. The van der Waals surface area contributed by atoms with Crippen LogP contribution in [0.15, 0.2) is 36.5 Å². The zero-order valence-corrected chi connectivity index (χ0v) is 43.6. The number of nitrogens with one attached hydrogen (secondary N) is 1. The largest absolute Gasteiger partial charge is 0.462 e. The van der Waals surface area contributed by atoms with Crippen molar-refractivity contribution in [2.45, 2.75) is 322 Å². The lowest BCUT2D eigenvalue weighted by atomic mass is 10.0. The maximum atomic E-state index is 13.2. The van der Waals surface area contributed by atoms with E-state index in [1.807, 2.05) is 0 Å². The minimum atomic E-state index is -0.787. The molecule has 382 valence electrons. The van der Waals surface area contributed by atoms with Gasteiger partial charge in [0.25, 0.3) is 0 Å². The predicted octanol–water partition coefficient (Wildman–Crippen LogP) is 17.6. The van der Waals surface area contributed by atoms with Crippen molar-refractivity contribution in [2.75, 3.05) is 6.61 Å². The molecule has 3 unspecified atom stereocenters. The van der Waals surface area contributed by atoms with Gasteiger partial charge in [0.2, 0.25) is 5.91 Å². The Morgan fingerprint density at radius 1 is 0.446 bits per heavy atom. The van der Waals surface area contributed by atoms with E-state index in [1.54, 1.807) is 0 Å². The summed E-state index contributed by atoms with van der Waals surface area (Å²) in [6, 6.07) is -0.701. The molecule has 0 saturated carbocycles. The first-order chi connectivity index (χ1) is 32.0. The normalized spacial score (nSPS) is 13.4. The number of carbonyl (C=O) groups is 2. The summed E-state index contributed by atoms with van der Waals surface area (Å²) in [7, 11) is 0. The third-order valence-corrected chi connectivity index (χ3v) is 13.2. The van der Waals surface area contributed by atoms with E-state index in [9.17, 15) is 19.8 Å². The van der Waals surface area contributed by atoms with Gasteiger partial charge < -0.3 is 20.3 Å². The molecule has 0 heterocycles. The number of aliphatic hydroxyl groups excluding tert-OH is 2. The molecule has 3 atom stereocenters. The number of allylic oxidation sites excluding steroid dienone is 6. The summed E-state index contributed by atoms with van der Waals surface area (Å²) >= 11 is 0. The zero-order chi connectivity index (χ0) is 47.4. The van der Waals surface area contributed by atoms with Crippen LogP contribution in [0, 0.1) is 0 Å². The van der Waals surface area contributed by atoms with Crippen LogP contribution in [-0.2, 0) is 14.3 Å². The standard InChI is InChI=1S/C59H111NO5/c1-4-7-10-13-16-19-22-24-26-28-29-31-33-35-37-40-43-46-49-52-59(64)65-55(50-47-44-41-38-36-34-32-30-27-25-23-20-17-14-11-8-5-2)53-58(63)60-56(54-61)57(62)51-48-45-42-39-21-18-15-12-9-6-3/h16,19,24,26,29,31,55-57,61-62H,4-15,17-18,20-23,25,27-28,30,32-54H2,1-3H3,(H,60,63)/b19-16-,26-24-,31-29-. The van der Waals surface area contributed by atoms with Gasteiger partial charge >= 0.3 is 5.97 Å². The molecule has 1 amide bonds. The Bertz CT molecular complexity index is 1070. The van der Waals surface area contributed by atoms with Crippen molar-refractivity contribution in [3.8, 4) is 0 Å². The van der Waals surface area contributed by atoms with Crippen LogP contribution >= 0.6 is 0 Å². The molecule has 0 aromatic rings. The van der Waals surface area contributed by atoms with Gasteiger partial charge in [-0.3, -0.25) is 9.59 Å². The molecule has 0 aromatic heterocycles. The van der Waals surface area contributed by atoms with Crippen molar-refractivity contribution >= 4 is 11.9 Å². The van der Waals surface area contributed by atoms with Gasteiger partial charge in [-0.2, -0.15) is 0 Å². The maximum Gasteiger partial charge on any atom is 0.306 e. The first-order valence-electron chi connectivity index (χ1n) is 28.7. The van der Waals surface area contributed by atoms with Crippen LogP contribution in [0.1, 0.15) is 303 Å². The molecule has 0 bridgehead atoms. The molecule has 6 heteroatoms. The van der Waals surface area contributed by atoms with Crippen molar-refractivity contribution < 1.29 is 24.5 Å². The van der Waals surface area contributed by atoms with Gasteiger partial charge in [0.15, 0.2) is 0 Å². The maximum absolute atomic E-state index is 13.2. The second-order valence-electron chi connectivity index (χ2n) is 19.7. The SMILES string of the molecule is CCCCC/C=C\C/C=C\C/C=C\CCCCCCCCC(=O)OC(CCCCCCCCCCCCCCCCCCC)CC(=O)NC(CO)C(O)CCCCCCCCCCCC. The Balaban J connectivity index is 4.53. The Hall–Kier alpha value is -1.92. The highest BCUT2D eigenvalue weighted by Crippen LogP contribution is 2.19. The number of carbonyl (C=O) groups excluding carboxylic acids is 2. The van der Waals surface area contributed by atoms with Crippen LogP contribution in [0.4, 0.5) is 0 Å². The first-order valence-corrected chi connectivity index (χ1v) is 28.7. The van der Waals surface area contributed by atoms with E-state index in [0.29, 0.717) is 19.3 Å². The molecule has 0 aliphatic carbocycles. The van der Waals surface area contributed by atoms with Gasteiger partial charge in [0.05, 0.1) is 25.2 Å². The number of amides is 1. The van der Waals surface area contributed by atoms with Gasteiger partial charge in [-0.05, 0) is 64.2 Å². The molecule has 0 saturated heterocycles. The van der Waals surface area contributed by atoms with E-state index in [0.717, 1.165) is 70.6 Å². The highest BCUT2D eigenvalue weighted by molar-refractivity contribution is 5.77. The summed E-state index contributed by atoms with van der Waals surface area (Å²) < 4.78 is 5.96. The van der Waals surface area contributed by atoms with Crippen LogP contribution in [-0.4, -0.2) is 46.9 Å². The lowest BCUT2D eigenvalue weighted by molar-refractivity contribution is -0.151. The van der Waals surface area contributed by atoms with Crippen molar-refractivity contribution in [3.63, 3.8) is 0 Å². The number of esters is 1. The molecule has 0 aliphatic rings. The molecule has 3 N–H and O–H groups in total. The summed E-state index contributed by atoms with van der Waals surface area (Å²) in [5.74, 6) is -0.472. The molecule has 6 nitrogen and oxygen atoms in total. The third-order valence-electron chi connectivity index (χ3n) is 13.2. The fourth-order valence-corrected chi connectivity index (χ4v) is 8.85. The lowest BCUT2D eigenvalue weighted by Gasteiger charge is -2.24. The van der Waals surface area contributed by atoms with E-state index in [-0.39, 0.29) is 24.9 Å². The van der Waals surface area contributed by atoms with Gasteiger partial charge in [0.1, 0.15) is 6.10 Å². The monoisotopic (exact) mass is 914 g/mol. The Kier molecular flexibility index (Phi) is 51.5. The third kappa shape index (κ3) is 48.3. The van der Waals surface area contributed by atoms with Crippen LogP contribution in [0.2, 0.25) is 0 Å². The summed E-state index contributed by atoms with van der Waals surface area (Å²) in [4.78, 5) is 26.2. The Morgan fingerprint density at radius 3 is 1.22 bits per heavy atom. The number of hydrogen-bond acceptors (Lipinski definition) is 5. The van der Waals surface area contributed by atoms with Crippen molar-refractivity contribution in [3.05, 3.63) is 36.5 Å². The van der Waals surface area contributed by atoms with Crippen LogP contribution in [0.25, 0.3) is 0 Å². The molecule has 0 fully saturated rings. The predicted molar refractivity (Wildman–Crippen MR) is 282 cm³/mol. The number of rotatable bonds is 52. The molecular formula is C59H111NO5. The van der Waals surface area contributed by atoms with Crippen LogP contribution in [0.3, 0.4) is 0 Å². The minimum absolute atomic E-state index is 0.0767. The number of ether oxygens (including phenoxy) is 1. The number of hydrogen-bond donors (Lipinski definition) is 3. The summed E-state index contributed by atoms with van der Waals surface area (Å²) in [5.41, 5.74) is 0. The van der Waals surface area contributed by atoms with Gasteiger partial charge in [0, 0.05) is 6.42 Å². The fraction of sp³-hybridized carbons (Fsp3) is 0.864. The Labute approximate surface area is 404 Å². The smallest absolute Gasteiger partial charge is 0.306 e. The van der Waals surface area contributed by atoms with Gasteiger partial charge in [-0.25, -0.2) is 0 Å². The van der Waals surface area contributed by atoms with Gasteiger partial charge in [-0.15, -0.1) is 0 Å². The zero-order valence-electron chi connectivity index (χ0n) is 43.6. The van der Waals surface area contributed by atoms with Gasteiger partial charge in [-0.1, -0.05) is 263 Å². The number of unbranched alkanes of at least 4 members (excludes halogenated alkanes) is 34. The fourth-order valence-electron chi connectivity index (χ4n) is 8.85. The molecule has 0 aromatic carbocycles. The lowest BCUT2D eigenvalue weighted by Crippen LogP contribution is -2.46. The highest BCUT2D eigenvalue weighted by Gasteiger charge is 2.24. The average Bonchev–Trinajstić information content (AvgIpc) is 3.30.